The molecule has 0 unspecified atom stereocenters. The van der Waals surface area contributed by atoms with Gasteiger partial charge in [-0.1, -0.05) is 0 Å². The van der Waals surface area contributed by atoms with Gasteiger partial charge in [-0.15, -0.1) is 0 Å². The molecule has 0 bridgehead atoms. The first-order chi connectivity index (χ1) is 7.31. The van der Waals surface area contributed by atoms with E-state index in [1.54, 1.807) is 18.3 Å². The predicted molar refractivity (Wildman–Crippen MR) is 55.6 cm³/mol. The van der Waals surface area contributed by atoms with Crippen LogP contribution in [-0.2, 0) is 4.74 Å². The monoisotopic (exact) mass is 206 g/mol. The van der Waals surface area contributed by atoms with Gasteiger partial charge in [0.1, 0.15) is 0 Å². The molecule has 1 aromatic heterocycles. The lowest BCUT2D eigenvalue weighted by atomic mass is 10.1. The Kier molecular flexibility index (Phi) is 2.97. The van der Waals surface area contributed by atoms with Gasteiger partial charge in [-0.3, -0.25) is 4.98 Å². The van der Waals surface area contributed by atoms with Crippen LogP contribution in [0.5, 0.6) is 0 Å². The molecule has 1 aromatic rings. The highest BCUT2D eigenvalue weighted by atomic mass is 16.5. The number of pyridine rings is 1. The zero-order valence-electron chi connectivity index (χ0n) is 8.69. The number of hydrogen-bond donors (Lipinski definition) is 1. The highest BCUT2D eigenvalue weighted by Crippen LogP contribution is 2.21. The number of aromatic nitrogens is 1. The van der Waals surface area contributed by atoms with Crippen molar-refractivity contribution >= 4 is 5.97 Å². The zero-order valence-corrected chi connectivity index (χ0v) is 8.69. The minimum Gasteiger partial charge on any atom is -0.465 e. The Morgan fingerprint density at radius 3 is 3.20 bits per heavy atom. The molecule has 1 atom stereocenters. The van der Waals surface area contributed by atoms with Gasteiger partial charge < -0.3 is 10.1 Å². The van der Waals surface area contributed by atoms with Crippen LogP contribution in [0.25, 0.3) is 0 Å². The van der Waals surface area contributed by atoms with Gasteiger partial charge in [0.15, 0.2) is 0 Å². The molecule has 1 aliphatic heterocycles. The largest absolute Gasteiger partial charge is 0.465 e. The van der Waals surface area contributed by atoms with E-state index in [9.17, 15) is 4.79 Å². The van der Waals surface area contributed by atoms with Crippen molar-refractivity contribution in [3.05, 3.63) is 29.6 Å². The van der Waals surface area contributed by atoms with Gasteiger partial charge in [0.05, 0.1) is 18.4 Å². The summed E-state index contributed by atoms with van der Waals surface area (Å²) in [6.07, 6.45) is 3.90. The molecule has 80 valence electrons. The van der Waals surface area contributed by atoms with Gasteiger partial charge in [0.2, 0.25) is 0 Å². The Balaban J connectivity index is 2.21. The van der Waals surface area contributed by atoms with Crippen molar-refractivity contribution in [2.45, 2.75) is 18.9 Å². The topological polar surface area (TPSA) is 51.2 Å². The molecule has 4 nitrogen and oxygen atoms in total. The molecule has 0 amide bonds. The highest BCUT2D eigenvalue weighted by Gasteiger charge is 2.18. The summed E-state index contributed by atoms with van der Waals surface area (Å²) in [5, 5.41) is 3.34. The molecule has 0 aromatic carbocycles. The molecule has 0 saturated carbocycles. The van der Waals surface area contributed by atoms with E-state index >= 15 is 0 Å². The number of methoxy groups -OCH3 is 1. The number of rotatable bonds is 2. The lowest BCUT2D eigenvalue weighted by Gasteiger charge is -2.09. The second-order valence-electron chi connectivity index (χ2n) is 3.61. The minimum atomic E-state index is -0.309. The molecular formula is C11H14N2O2. The SMILES string of the molecule is COC(=O)c1ccnc([C@H]2CCCN2)c1. The van der Waals surface area contributed by atoms with E-state index in [4.69, 9.17) is 0 Å². The number of nitrogens with one attached hydrogen (secondary N) is 1. The van der Waals surface area contributed by atoms with Crippen LogP contribution in [0.15, 0.2) is 18.3 Å². The molecule has 1 fully saturated rings. The Morgan fingerprint density at radius 1 is 1.67 bits per heavy atom. The van der Waals surface area contributed by atoms with Crippen LogP contribution in [0.3, 0.4) is 0 Å². The number of nitrogens with zero attached hydrogens (tertiary/aromatic N) is 1. The molecule has 1 N–H and O–H groups in total. The second kappa shape index (κ2) is 4.40. The van der Waals surface area contributed by atoms with Gasteiger partial charge in [-0.25, -0.2) is 4.79 Å². The highest BCUT2D eigenvalue weighted by molar-refractivity contribution is 5.89. The van der Waals surface area contributed by atoms with E-state index < -0.39 is 0 Å². The van der Waals surface area contributed by atoms with Crippen LogP contribution in [0.1, 0.15) is 34.9 Å². The summed E-state index contributed by atoms with van der Waals surface area (Å²) in [5.74, 6) is -0.309. The molecule has 0 radical (unpaired) electrons. The standard InChI is InChI=1S/C11H14N2O2/c1-15-11(14)8-4-6-13-10(7-8)9-3-2-5-12-9/h4,6-7,9,12H,2-3,5H2,1H3/t9-/m1/s1. The maximum absolute atomic E-state index is 11.3. The molecule has 2 heterocycles. The summed E-state index contributed by atoms with van der Waals surface area (Å²) >= 11 is 0. The molecule has 15 heavy (non-hydrogen) atoms. The van der Waals surface area contributed by atoms with E-state index in [1.807, 2.05) is 0 Å². The number of carbonyl (C=O) groups excluding carboxylic acids is 1. The van der Waals surface area contributed by atoms with Crippen molar-refractivity contribution < 1.29 is 9.53 Å². The third kappa shape index (κ3) is 2.15. The van der Waals surface area contributed by atoms with Crippen molar-refractivity contribution in [1.82, 2.24) is 10.3 Å². The maximum Gasteiger partial charge on any atom is 0.337 e. The van der Waals surface area contributed by atoms with Crippen LogP contribution in [0, 0.1) is 0 Å². The van der Waals surface area contributed by atoms with Gasteiger partial charge in [0, 0.05) is 12.2 Å². The van der Waals surface area contributed by atoms with Crippen LogP contribution in [-0.4, -0.2) is 24.6 Å². The third-order valence-electron chi connectivity index (χ3n) is 2.62. The summed E-state index contributed by atoms with van der Waals surface area (Å²) < 4.78 is 4.67. The molecule has 0 aliphatic carbocycles. The number of carbonyl (C=O) groups is 1. The normalized spacial score (nSPS) is 20.2. The van der Waals surface area contributed by atoms with Gasteiger partial charge >= 0.3 is 5.97 Å². The zero-order chi connectivity index (χ0) is 10.7. The predicted octanol–water partition coefficient (Wildman–Crippen LogP) is 1.29. The summed E-state index contributed by atoms with van der Waals surface area (Å²) in [5.41, 5.74) is 1.49. The van der Waals surface area contributed by atoms with Crippen molar-refractivity contribution in [3.63, 3.8) is 0 Å². The van der Waals surface area contributed by atoms with Gasteiger partial charge in [-0.2, -0.15) is 0 Å². The van der Waals surface area contributed by atoms with E-state index in [2.05, 4.69) is 15.0 Å². The minimum absolute atomic E-state index is 0.287. The Labute approximate surface area is 88.7 Å². The maximum atomic E-state index is 11.3. The summed E-state index contributed by atoms with van der Waals surface area (Å²) in [6.45, 7) is 1.02. The van der Waals surface area contributed by atoms with E-state index in [0.717, 1.165) is 25.1 Å². The number of hydrogen-bond acceptors (Lipinski definition) is 4. The van der Waals surface area contributed by atoms with Crippen molar-refractivity contribution in [2.24, 2.45) is 0 Å². The Hall–Kier alpha value is -1.42. The molecule has 0 spiro atoms. The lowest BCUT2D eigenvalue weighted by molar-refractivity contribution is 0.0600. The van der Waals surface area contributed by atoms with Crippen molar-refractivity contribution in [2.75, 3.05) is 13.7 Å². The second-order valence-corrected chi connectivity index (χ2v) is 3.61. The molecule has 1 aliphatic rings. The molecule has 4 heteroatoms. The molecule has 1 saturated heterocycles. The van der Waals surface area contributed by atoms with Crippen LogP contribution >= 0.6 is 0 Å². The average molecular weight is 206 g/mol. The summed E-state index contributed by atoms with van der Waals surface area (Å²) in [7, 11) is 1.39. The summed E-state index contributed by atoms with van der Waals surface area (Å²) in [4.78, 5) is 15.6. The average Bonchev–Trinajstić information content (AvgIpc) is 2.82. The summed E-state index contributed by atoms with van der Waals surface area (Å²) in [6, 6.07) is 3.76. The lowest BCUT2D eigenvalue weighted by Crippen LogP contribution is -2.15. The fourth-order valence-electron chi connectivity index (χ4n) is 1.82. The van der Waals surface area contributed by atoms with E-state index in [0.29, 0.717) is 5.56 Å². The van der Waals surface area contributed by atoms with Crippen molar-refractivity contribution in [3.8, 4) is 0 Å². The molecule has 2 rings (SSSR count). The van der Waals surface area contributed by atoms with E-state index in [1.165, 1.54) is 7.11 Å². The quantitative estimate of drug-likeness (QED) is 0.741. The molecular weight excluding hydrogens is 192 g/mol. The van der Waals surface area contributed by atoms with Crippen LogP contribution in [0.2, 0.25) is 0 Å². The Morgan fingerprint density at radius 2 is 2.53 bits per heavy atom. The van der Waals surface area contributed by atoms with Crippen LogP contribution < -0.4 is 5.32 Å². The first-order valence-electron chi connectivity index (χ1n) is 5.09. The Bertz CT molecular complexity index is 359. The fourth-order valence-corrected chi connectivity index (χ4v) is 1.82. The van der Waals surface area contributed by atoms with E-state index in [-0.39, 0.29) is 12.0 Å². The first-order valence-corrected chi connectivity index (χ1v) is 5.09. The van der Waals surface area contributed by atoms with Gasteiger partial charge in [0.25, 0.3) is 0 Å². The number of esters is 1. The number of ether oxygens (including phenoxy) is 1. The first kappa shape index (κ1) is 10.1. The fraction of sp³-hybridized carbons (Fsp3) is 0.455. The van der Waals surface area contributed by atoms with Gasteiger partial charge in [-0.05, 0) is 31.5 Å². The smallest absolute Gasteiger partial charge is 0.337 e. The van der Waals surface area contributed by atoms with Crippen LogP contribution in [0.4, 0.5) is 0 Å². The third-order valence-corrected chi connectivity index (χ3v) is 2.62. The van der Waals surface area contributed by atoms with Crippen molar-refractivity contribution in [1.29, 1.82) is 0 Å².